The van der Waals surface area contributed by atoms with Crippen LogP contribution in [0.1, 0.15) is 33.1 Å². The van der Waals surface area contributed by atoms with E-state index >= 15 is 0 Å². The van der Waals surface area contributed by atoms with Crippen molar-refractivity contribution in [3.05, 3.63) is 0 Å². The van der Waals surface area contributed by atoms with Crippen LogP contribution in [-0.4, -0.2) is 17.5 Å². The van der Waals surface area contributed by atoms with E-state index in [-0.39, 0.29) is 23.7 Å². The van der Waals surface area contributed by atoms with Crippen LogP contribution in [0.15, 0.2) is 0 Å². The van der Waals surface area contributed by atoms with E-state index in [0.29, 0.717) is 0 Å². The van der Waals surface area contributed by atoms with Crippen molar-refractivity contribution in [1.82, 2.24) is 0 Å². The van der Waals surface area contributed by atoms with Gasteiger partial charge in [0, 0.05) is 5.92 Å². The Balaban J connectivity index is 2.62. The molecule has 1 N–H and O–H groups in total. The number of rotatable bonds is 3. The summed E-state index contributed by atoms with van der Waals surface area (Å²) in [7, 11) is 0. The second-order valence-electron chi connectivity index (χ2n) is 3.81. The lowest BCUT2D eigenvalue weighted by atomic mass is 9.64. The largest absolute Gasteiger partial charge is 0.395 e. The van der Waals surface area contributed by atoms with Crippen LogP contribution in [-0.2, 0) is 4.79 Å². The minimum atomic E-state index is -0.339. The van der Waals surface area contributed by atoms with E-state index < -0.39 is 0 Å². The number of carbonyl (C=O) groups excluding carboxylic acids is 1. The van der Waals surface area contributed by atoms with Gasteiger partial charge >= 0.3 is 0 Å². The van der Waals surface area contributed by atoms with Crippen LogP contribution in [0.25, 0.3) is 0 Å². The van der Waals surface area contributed by atoms with Crippen molar-refractivity contribution < 1.29 is 9.90 Å². The van der Waals surface area contributed by atoms with E-state index in [9.17, 15) is 4.79 Å². The molecule has 0 radical (unpaired) electrons. The molecule has 1 aliphatic rings. The Hall–Kier alpha value is -0.370. The van der Waals surface area contributed by atoms with Gasteiger partial charge in [-0.25, -0.2) is 0 Å². The predicted molar refractivity (Wildman–Crippen MR) is 43.2 cm³/mol. The van der Waals surface area contributed by atoms with Gasteiger partial charge in [-0.1, -0.05) is 20.3 Å². The molecule has 0 saturated heterocycles. The summed E-state index contributed by atoms with van der Waals surface area (Å²) in [5.41, 5.74) is -0.339. The maximum atomic E-state index is 11.5. The lowest BCUT2D eigenvalue weighted by Gasteiger charge is -2.39. The van der Waals surface area contributed by atoms with Gasteiger partial charge in [0.25, 0.3) is 0 Å². The molecule has 1 aliphatic carbocycles. The molecule has 1 rings (SSSR count). The quantitative estimate of drug-likeness (QED) is 0.670. The molecular formula is C9H16O2. The molecule has 0 amide bonds. The van der Waals surface area contributed by atoms with E-state index in [1.54, 1.807) is 0 Å². The number of hydrogen-bond acceptors (Lipinski definition) is 2. The third-order valence-corrected chi connectivity index (χ3v) is 2.66. The average molecular weight is 156 g/mol. The molecule has 2 nitrogen and oxygen atoms in total. The molecule has 0 aromatic heterocycles. The molecule has 2 heteroatoms. The molecule has 0 heterocycles. The number of aliphatic hydroxyl groups excluding tert-OH is 1. The fourth-order valence-corrected chi connectivity index (χ4v) is 1.70. The van der Waals surface area contributed by atoms with Gasteiger partial charge in [0.1, 0.15) is 5.78 Å². The second-order valence-corrected chi connectivity index (χ2v) is 3.81. The number of carbonyl (C=O) groups is 1. The van der Waals surface area contributed by atoms with Gasteiger partial charge in [0.2, 0.25) is 0 Å². The van der Waals surface area contributed by atoms with Crippen LogP contribution in [0, 0.1) is 11.3 Å². The average Bonchev–Trinajstić information content (AvgIpc) is 1.86. The molecule has 0 unspecified atom stereocenters. The standard InChI is InChI=1S/C9H16O2/c1-7(2)8(11)9(6-10)4-3-5-9/h7,10H,3-6H2,1-2H3. The molecular weight excluding hydrogens is 140 g/mol. The topological polar surface area (TPSA) is 37.3 Å². The molecule has 0 spiro atoms. The fourth-order valence-electron chi connectivity index (χ4n) is 1.70. The van der Waals surface area contributed by atoms with Gasteiger partial charge in [-0.05, 0) is 12.8 Å². The van der Waals surface area contributed by atoms with Crippen molar-refractivity contribution in [2.24, 2.45) is 11.3 Å². The van der Waals surface area contributed by atoms with Gasteiger partial charge in [-0.15, -0.1) is 0 Å². The zero-order valence-corrected chi connectivity index (χ0v) is 7.26. The minimum absolute atomic E-state index is 0.0456. The Morgan fingerprint density at radius 1 is 1.55 bits per heavy atom. The first-order chi connectivity index (χ1) is 5.12. The summed E-state index contributed by atoms with van der Waals surface area (Å²) in [6.07, 6.45) is 2.88. The molecule has 0 aromatic rings. The van der Waals surface area contributed by atoms with Crippen LogP contribution < -0.4 is 0 Å². The Morgan fingerprint density at radius 3 is 2.18 bits per heavy atom. The summed E-state index contributed by atoms with van der Waals surface area (Å²) >= 11 is 0. The second kappa shape index (κ2) is 2.94. The summed E-state index contributed by atoms with van der Waals surface area (Å²) in [6, 6.07) is 0. The monoisotopic (exact) mass is 156 g/mol. The summed E-state index contributed by atoms with van der Waals surface area (Å²) in [5, 5.41) is 9.04. The van der Waals surface area contributed by atoms with E-state index in [2.05, 4.69) is 0 Å². The Labute approximate surface area is 67.6 Å². The van der Waals surface area contributed by atoms with Crippen LogP contribution in [0.5, 0.6) is 0 Å². The summed E-state index contributed by atoms with van der Waals surface area (Å²) in [6.45, 7) is 3.85. The number of Topliss-reactive ketones (excluding diaryl/α,β-unsaturated/α-hetero) is 1. The van der Waals surface area contributed by atoms with Gasteiger partial charge in [-0.2, -0.15) is 0 Å². The van der Waals surface area contributed by atoms with E-state index in [1.807, 2.05) is 13.8 Å². The number of ketones is 1. The number of hydrogen-bond donors (Lipinski definition) is 1. The van der Waals surface area contributed by atoms with Crippen LogP contribution >= 0.6 is 0 Å². The van der Waals surface area contributed by atoms with Crippen molar-refractivity contribution in [3.63, 3.8) is 0 Å². The Kier molecular flexibility index (Phi) is 2.33. The summed E-state index contributed by atoms with van der Waals surface area (Å²) in [4.78, 5) is 11.5. The highest BCUT2D eigenvalue weighted by Gasteiger charge is 2.43. The van der Waals surface area contributed by atoms with Crippen molar-refractivity contribution in [1.29, 1.82) is 0 Å². The maximum Gasteiger partial charge on any atom is 0.143 e. The predicted octanol–water partition coefficient (Wildman–Crippen LogP) is 1.37. The van der Waals surface area contributed by atoms with E-state index in [1.165, 1.54) is 0 Å². The van der Waals surface area contributed by atoms with E-state index in [4.69, 9.17) is 5.11 Å². The first-order valence-corrected chi connectivity index (χ1v) is 4.27. The van der Waals surface area contributed by atoms with Gasteiger partial charge in [0.05, 0.1) is 12.0 Å². The third kappa shape index (κ3) is 1.32. The van der Waals surface area contributed by atoms with Gasteiger partial charge < -0.3 is 5.11 Å². The van der Waals surface area contributed by atoms with Crippen molar-refractivity contribution in [2.45, 2.75) is 33.1 Å². The molecule has 64 valence electrons. The fraction of sp³-hybridized carbons (Fsp3) is 0.889. The Morgan fingerprint density at radius 2 is 2.09 bits per heavy atom. The van der Waals surface area contributed by atoms with Gasteiger partial charge in [-0.3, -0.25) is 4.79 Å². The van der Waals surface area contributed by atoms with Crippen molar-refractivity contribution >= 4 is 5.78 Å². The Bertz CT molecular complexity index is 151. The van der Waals surface area contributed by atoms with Gasteiger partial charge in [0.15, 0.2) is 0 Å². The molecule has 1 saturated carbocycles. The smallest absolute Gasteiger partial charge is 0.143 e. The summed E-state index contributed by atoms with van der Waals surface area (Å²) in [5.74, 6) is 0.314. The van der Waals surface area contributed by atoms with Crippen molar-refractivity contribution in [3.8, 4) is 0 Å². The highest BCUT2D eigenvalue weighted by atomic mass is 16.3. The molecule has 0 aromatic carbocycles. The lowest BCUT2D eigenvalue weighted by Crippen LogP contribution is -2.43. The van der Waals surface area contributed by atoms with Crippen LogP contribution in [0.4, 0.5) is 0 Å². The highest BCUT2D eigenvalue weighted by Crippen LogP contribution is 2.42. The van der Waals surface area contributed by atoms with Crippen LogP contribution in [0.3, 0.4) is 0 Å². The zero-order chi connectivity index (χ0) is 8.48. The normalized spacial score (nSPS) is 21.5. The first kappa shape index (κ1) is 8.72. The van der Waals surface area contributed by atoms with Crippen molar-refractivity contribution in [2.75, 3.05) is 6.61 Å². The molecule has 0 atom stereocenters. The zero-order valence-electron chi connectivity index (χ0n) is 7.26. The lowest BCUT2D eigenvalue weighted by molar-refractivity contribution is -0.140. The molecule has 0 aliphatic heterocycles. The first-order valence-electron chi connectivity index (χ1n) is 4.27. The SMILES string of the molecule is CC(C)C(=O)C1(CO)CCC1. The molecule has 0 bridgehead atoms. The van der Waals surface area contributed by atoms with E-state index in [0.717, 1.165) is 19.3 Å². The minimum Gasteiger partial charge on any atom is -0.395 e. The molecule has 11 heavy (non-hydrogen) atoms. The molecule has 1 fully saturated rings. The maximum absolute atomic E-state index is 11.5. The third-order valence-electron chi connectivity index (χ3n) is 2.66. The summed E-state index contributed by atoms with van der Waals surface area (Å²) < 4.78 is 0. The highest BCUT2D eigenvalue weighted by molar-refractivity contribution is 5.87. The van der Waals surface area contributed by atoms with Crippen LogP contribution in [0.2, 0.25) is 0 Å². The number of aliphatic hydroxyl groups is 1.